The first-order valence-electron chi connectivity index (χ1n) is 20.0. The molecule has 2 heteroatoms. The molecule has 0 aromatic heterocycles. The zero-order valence-electron chi connectivity index (χ0n) is 33.5. The molecule has 57 heavy (non-hydrogen) atoms. The number of methoxy groups -OCH3 is 1. The highest BCUT2D eigenvalue weighted by Gasteiger charge is 2.47. The van der Waals surface area contributed by atoms with Gasteiger partial charge < -0.3 is 9.47 Å². The zero-order valence-corrected chi connectivity index (χ0v) is 33.5. The highest BCUT2D eigenvalue weighted by Crippen LogP contribution is 2.56. The summed E-state index contributed by atoms with van der Waals surface area (Å²) in [6.45, 7) is 11.2. The van der Waals surface area contributed by atoms with Crippen LogP contribution in [-0.2, 0) is 21.4 Å². The van der Waals surface area contributed by atoms with Crippen molar-refractivity contribution in [1.82, 2.24) is 0 Å². The molecule has 7 aromatic rings. The molecule has 10 rings (SSSR count). The summed E-state index contributed by atoms with van der Waals surface area (Å²) in [4.78, 5) is 0. The first-order chi connectivity index (χ1) is 27.6. The topological polar surface area (TPSA) is 18.5 Å². The quantitative estimate of drug-likeness (QED) is 0.169. The van der Waals surface area contributed by atoms with E-state index < -0.39 is 11.2 Å². The van der Waals surface area contributed by atoms with Gasteiger partial charge in [-0.2, -0.15) is 0 Å². The number of ether oxygens (including phenoxy) is 2. The fourth-order valence-corrected chi connectivity index (χ4v) is 9.70. The van der Waals surface area contributed by atoms with Gasteiger partial charge in [0.15, 0.2) is 5.60 Å². The number of aryl methyl sites for hydroxylation is 2. The third kappa shape index (κ3) is 5.20. The predicted octanol–water partition coefficient (Wildman–Crippen LogP) is 13.4. The molecule has 0 amide bonds. The van der Waals surface area contributed by atoms with Crippen molar-refractivity contribution in [3.05, 3.63) is 231 Å². The summed E-state index contributed by atoms with van der Waals surface area (Å²) < 4.78 is 13.8. The number of allylic oxidation sites excluding steroid dienone is 1. The lowest BCUT2D eigenvalue weighted by Crippen LogP contribution is -2.33. The second-order valence-electron chi connectivity index (χ2n) is 16.6. The smallest absolute Gasteiger partial charge is 0.179 e. The van der Waals surface area contributed by atoms with Crippen molar-refractivity contribution in [2.24, 2.45) is 0 Å². The van der Waals surface area contributed by atoms with Gasteiger partial charge in [-0.15, -0.1) is 0 Å². The normalized spacial score (nSPS) is 15.5. The van der Waals surface area contributed by atoms with Crippen molar-refractivity contribution in [2.45, 2.75) is 51.2 Å². The van der Waals surface area contributed by atoms with Crippen LogP contribution in [0, 0.1) is 13.8 Å². The fourth-order valence-electron chi connectivity index (χ4n) is 9.70. The van der Waals surface area contributed by atoms with Gasteiger partial charge in [0.2, 0.25) is 0 Å². The van der Waals surface area contributed by atoms with Gasteiger partial charge in [-0.1, -0.05) is 159 Å². The third-order valence-corrected chi connectivity index (χ3v) is 13.1. The standard InChI is InChI=1S/C55H46O2/c1-35-23-28-40(31-36(35)2)53(4,5)41-29-30-52-46(32-41)47(34-55(57-52)50-21-13-9-17-44(50)45-18-10-14-22-51(45)55)39-26-24-38(25-27-39)37(3)33-54(56-6)48-19-11-7-15-42(48)43-16-8-12-20-49(43)54/h7-34H,1-6H3/b37-33+. The van der Waals surface area contributed by atoms with Crippen molar-refractivity contribution >= 4 is 11.1 Å². The molecule has 0 N–H and O–H groups in total. The molecule has 0 bridgehead atoms. The van der Waals surface area contributed by atoms with Crippen LogP contribution in [0.5, 0.6) is 5.75 Å². The minimum Gasteiger partial charge on any atom is -0.473 e. The number of rotatable bonds is 6. The van der Waals surface area contributed by atoms with Gasteiger partial charge in [0.25, 0.3) is 0 Å². The molecule has 2 nitrogen and oxygen atoms in total. The van der Waals surface area contributed by atoms with Gasteiger partial charge in [-0.3, -0.25) is 0 Å². The molecular weight excluding hydrogens is 693 g/mol. The minimum atomic E-state index is -0.761. The van der Waals surface area contributed by atoms with E-state index in [-0.39, 0.29) is 5.41 Å². The largest absolute Gasteiger partial charge is 0.473 e. The SMILES string of the molecule is COC1(/C=C(\C)c2ccc(C3=CC4(Oc5ccc(C(C)(C)c6ccc(C)c(C)c6)cc53)c3ccccc3-c3ccccc34)cc2)c2ccccc2-c2ccccc21. The highest BCUT2D eigenvalue weighted by atomic mass is 16.5. The summed E-state index contributed by atoms with van der Waals surface area (Å²) in [5.74, 6) is 0.888. The molecule has 1 spiro atoms. The van der Waals surface area contributed by atoms with Crippen molar-refractivity contribution in [1.29, 1.82) is 0 Å². The molecule has 1 heterocycles. The second-order valence-corrected chi connectivity index (χ2v) is 16.6. The Hall–Kier alpha value is -6.22. The van der Waals surface area contributed by atoms with Crippen LogP contribution in [0.15, 0.2) is 170 Å². The first-order valence-corrected chi connectivity index (χ1v) is 20.0. The molecular formula is C55H46O2. The molecule has 0 fully saturated rings. The lowest BCUT2D eigenvalue weighted by Gasteiger charge is -2.37. The van der Waals surface area contributed by atoms with E-state index in [0.29, 0.717) is 0 Å². The van der Waals surface area contributed by atoms with Crippen molar-refractivity contribution in [2.75, 3.05) is 7.11 Å². The molecule has 0 unspecified atom stereocenters. The highest BCUT2D eigenvalue weighted by molar-refractivity contribution is 5.91. The molecule has 278 valence electrons. The Balaban J connectivity index is 1.12. The number of benzene rings is 7. The number of hydrogen-bond donors (Lipinski definition) is 0. The molecule has 1 aliphatic heterocycles. The summed E-state index contributed by atoms with van der Waals surface area (Å²) in [6, 6.07) is 57.5. The molecule has 0 saturated carbocycles. The lowest BCUT2D eigenvalue weighted by atomic mass is 9.75. The van der Waals surface area contributed by atoms with E-state index >= 15 is 0 Å². The first kappa shape index (κ1) is 35.2. The van der Waals surface area contributed by atoms with Crippen LogP contribution < -0.4 is 4.74 Å². The third-order valence-electron chi connectivity index (χ3n) is 13.1. The van der Waals surface area contributed by atoms with Crippen LogP contribution in [0.3, 0.4) is 0 Å². The van der Waals surface area contributed by atoms with Gasteiger partial charge in [-0.25, -0.2) is 0 Å². The average Bonchev–Trinajstić information content (AvgIpc) is 3.68. The molecule has 0 radical (unpaired) electrons. The number of hydrogen-bond acceptors (Lipinski definition) is 2. The van der Waals surface area contributed by atoms with Crippen LogP contribution in [0.4, 0.5) is 0 Å². The average molecular weight is 739 g/mol. The van der Waals surface area contributed by atoms with Gasteiger partial charge in [0, 0.05) is 40.3 Å². The zero-order chi connectivity index (χ0) is 39.1. The van der Waals surface area contributed by atoms with Crippen LogP contribution in [0.2, 0.25) is 0 Å². The Bertz CT molecular complexity index is 2720. The van der Waals surface area contributed by atoms with Gasteiger partial charge in [0.1, 0.15) is 11.4 Å². The van der Waals surface area contributed by atoms with E-state index in [4.69, 9.17) is 9.47 Å². The van der Waals surface area contributed by atoms with E-state index in [2.05, 4.69) is 204 Å². The molecule has 7 aromatic carbocycles. The van der Waals surface area contributed by atoms with E-state index in [9.17, 15) is 0 Å². The molecule has 2 aliphatic carbocycles. The minimum absolute atomic E-state index is 0.221. The maximum atomic E-state index is 7.31. The fraction of sp³-hybridized carbons (Fsp3) is 0.164. The van der Waals surface area contributed by atoms with Crippen LogP contribution >= 0.6 is 0 Å². The summed E-state index contributed by atoms with van der Waals surface area (Å²) in [7, 11) is 1.82. The Labute approximate surface area is 336 Å². The Morgan fingerprint density at radius 1 is 0.561 bits per heavy atom. The Morgan fingerprint density at radius 3 is 1.63 bits per heavy atom. The van der Waals surface area contributed by atoms with E-state index in [1.165, 1.54) is 72.3 Å². The van der Waals surface area contributed by atoms with Crippen molar-refractivity contribution < 1.29 is 9.47 Å². The van der Waals surface area contributed by atoms with Gasteiger partial charge in [-0.05, 0) is 112 Å². The van der Waals surface area contributed by atoms with Crippen LogP contribution in [-0.4, -0.2) is 7.11 Å². The van der Waals surface area contributed by atoms with Gasteiger partial charge in [0.05, 0.1) is 0 Å². The summed E-state index contributed by atoms with van der Waals surface area (Å²) in [5.41, 5.74) is 18.8. The Morgan fingerprint density at radius 2 is 1.07 bits per heavy atom. The van der Waals surface area contributed by atoms with Crippen molar-refractivity contribution in [3.63, 3.8) is 0 Å². The molecule has 0 atom stereocenters. The van der Waals surface area contributed by atoms with E-state index in [0.717, 1.165) is 28.0 Å². The van der Waals surface area contributed by atoms with Crippen LogP contribution in [0.1, 0.15) is 82.0 Å². The monoisotopic (exact) mass is 738 g/mol. The number of fused-ring (bicyclic) bond motifs is 9. The second kappa shape index (κ2) is 12.9. The lowest BCUT2D eigenvalue weighted by molar-refractivity contribution is 0.0698. The van der Waals surface area contributed by atoms with Crippen LogP contribution in [0.25, 0.3) is 33.4 Å². The van der Waals surface area contributed by atoms with Gasteiger partial charge >= 0.3 is 0 Å². The molecule has 0 saturated heterocycles. The maximum absolute atomic E-state index is 7.31. The maximum Gasteiger partial charge on any atom is 0.179 e. The summed E-state index contributed by atoms with van der Waals surface area (Å²) >= 11 is 0. The summed E-state index contributed by atoms with van der Waals surface area (Å²) in [6.07, 6.45) is 4.69. The Kier molecular flexibility index (Phi) is 7.98. The van der Waals surface area contributed by atoms with E-state index in [1.54, 1.807) is 0 Å². The predicted molar refractivity (Wildman–Crippen MR) is 235 cm³/mol. The van der Waals surface area contributed by atoms with Crippen molar-refractivity contribution in [3.8, 4) is 28.0 Å². The van der Waals surface area contributed by atoms with E-state index in [1.807, 2.05) is 7.11 Å². The summed E-state index contributed by atoms with van der Waals surface area (Å²) in [5, 5.41) is 0. The molecule has 3 aliphatic rings.